The molecule has 1 aliphatic rings. The van der Waals surface area contributed by atoms with Gasteiger partial charge in [0, 0.05) is 44.4 Å². The van der Waals surface area contributed by atoms with Gasteiger partial charge in [0.05, 0.1) is 13.2 Å². The highest BCUT2D eigenvalue weighted by atomic mass is 16.5. The number of rotatable bonds is 7. The molecular formula is C16H33N3O2. The highest BCUT2D eigenvalue weighted by molar-refractivity contribution is 5.78. The zero-order valence-corrected chi connectivity index (χ0v) is 14.4. The van der Waals surface area contributed by atoms with Crippen molar-refractivity contribution in [3.8, 4) is 0 Å². The molecule has 5 nitrogen and oxygen atoms in total. The molecule has 1 aliphatic heterocycles. The molecular weight excluding hydrogens is 266 g/mol. The molecule has 0 aromatic carbocycles. The van der Waals surface area contributed by atoms with Gasteiger partial charge >= 0.3 is 0 Å². The molecule has 1 saturated heterocycles. The van der Waals surface area contributed by atoms with E-state index >= 15 is 0 Å². The number of carbonyl (C=O) groups is 1. The molecule has 0 aromatic heterocycles. The Balaban J connectivity index is 2.39. The smallest absolute Gasteiger partial charge is 0.234 e. The van der Waals surface area contributed by atoms with Crippen LogP contribution in [0.15, 0.2) is 0 Å². The van der Waals surface area contributed by atoms with Gasteiger partial charge in [-0.15, -0.1) is 0 Å². The van der Waals surface area contributed by atoms with Crippen LogP contribution >= 0.6 is 0 Å². The molecule has 1 rings (SSSR count). The summed E-state index contributed by atoms with van der Waals surface area (Å²) < 4.78 is 5.46. The van der Waals surface area contributed by atoms with E-state index in [0.717, 1.165) is 45.8 Å². The van der Waals surface area contributed by atoms with Crippen molar-refractivity contribution in [2.75, 3.05) is 45.9 Å². The Morgan fingerprint density at radius 1 is 1.29 bits per heavy atom. The summed E-state index contributed by atoms with van der Waals surface area (Å²) in [5.41, 5.74) is -0.152. The molecule has 0 spiro atoms. The molecule has 0 aliphatic carbocycles. The van der Waals surface area contributed by atoms with E-state index in [0.29, 0.717) is 12.6 Å². The molecule has 1 amide bonds. The topological polar surface area (TPSA) is 44.8 Å². The number of nitrogens with zero attached hydrogens (tertiary/aromatic N) is 2. The SMILES string of the molecule is CCOCCN1CCN(CC(=O)NC(C)(C)C)C[C@H]1CC. The second-order valence-electron chi connectivity index (χ2n) is 6.83. The molecule has 1 N–H and O–H groups in total. The summed E-state index contributed by atoms with van der Waals surface area (Å²) in [4.78, 5) is 16.8. The minimum absolute atomic E-state index is 0.125. The van der Waals surface area contributed by atoms with Crippen molar-refractivity contribution >= 4 is 5.91 Å². The summed E-state index contributed by atoms with van der Waals surface area (Å²) in [6, 6.07) is 0.529. The van der Waals surface area contributed by atoms with Gasteiger partial charge in [0.2, 0.25) is 5.91 Å². The summed E-state index contributed by atoms with van der Waals surface area (Å²) in [5.74, 6) is 0.125. The zero-order chi connectivity index (χ0) is 15.9. The Kier molecular flexibility index (Phi) is 7.63. The van der Waals surface area contributed by atoms with E-state index in [1.807, 2.05) is 27.7 Å². The van der Waals surface area contributed by atoms with E-state index in [-0.39, 0.29) is 11.4 Å². The van der Waals surface area contributed by atoms with Crippen LogP contribution in [0, 0.1) is 0 Å². The lowest BCUT2D eigenvalue weighted by atomic mass is 10.1. The maximum Gasteiger partial charge on any atom is 0.234 e. The molecule has 0 radical (unpaired) electrons. The summed E-state index contributed by atoms with van der Waals surface area (Å²) in [7, 11) is 0. The number of carbonyl (C=O) groups excluding carboxylic acids is 1. The molecule has 1 fully saturated rings. The van der Waals surface area contributed by atoms with Crippen molar-refractivity contribution in [3.63, 3.8) is 0 Å². The standard InChI is InChI=1S/C16H33N3O2/c1-6-14-12-18(13-15(20)17-16(3,4)5)8-9-19(14)10-11-21-7-2/h14H,6-13H2,1-5H3,(H,17,20)/t14-/m1/s1. The molecule has 0 aromatic rings. The van der Waals surface area contributed by atoms with Crippen LogP contribution < -0.4 is 5.32 Å². The van der Waals surface area contributed by atoms with Crippen LogP contribution in [0.25, 0.3) is 0 Å². The fraction of sp³-hybridized carbons (Fsp3) is 0.938. The van der Waals surface area contributed by atoms with E-state index in [1.165, 1.54) is 0 Å². The van der Waals surface area contributed by atoms with E-state index < -0.39 is 0 Å². The van der Waals surface area contributed by atoms with Crippen LogP contribution in [0.3, 0.4) is 0 Å². The van der Waals surface area contributed by atoms with Crippen LogP contribution in [-0.2, 0) is 9.53 Å². The molecule has 21 heavy (non-hydrogen) atoms. The van der Waals surface area contributed by atoms with E-state index in [1.54, 1.807) is 0 Å². The highest BCUT2D eigenvalue weighted by Gasteiger charge is 2.27. The average Bonchev–Trinajstić information content (AvgIpc) is 2.38. The van der Waals surface area contributed by atoms with Gasteiger partial charge in [0.25, 0.3) is 0 Å². The number of amides is 1. The molecule has 0 bridgehead atoms. The highest BCUT2D eigenvalue weighted by Crippen LogP contribution is 2.12. The van der Waals surface area contributed by atoms with Crippen molar-refractivity contribution in [1.29, 1.82) is 0 Å². The summed E-state index contributed by atoms with van der Waals surface area (Å²) >= 11 is 0. The quantitative estimate of drug-likeness (QED) is 0.721. The van der Waals surface area contributed by atoms with Gasteiger partial charge in [-0.2, -0.15) is 0 Å². The second kappa shape index (κ2) is 8.71. The average molecular weight is 299 g/mol. The van der Waals surface area contributed by atoms with Crippen molar-refractivity contribution in [3.05, 3.63) is 0 Å². The summed E-state index contributed by atoms with van der Waals surface area (Å²) in [5, 5.41) is 3.04. The van der Waals surface area contributed by atoms with Crippen molar-refractivity contribution in [2.24, 2.45) is 0 Å². The summed E-state index contributed by atoms with van der Waals surface area (Å²) in [6.45, 7) is 16.3. The first-order valence-corrected chi connectivity index (χ1v) is 8.21. The number of hydrogen-bond donors (Lipinski definition) is 1. The third-order valence-electron chi connectivity index (χ3n) is 3.77. The van der Waals surface area contributed by atoms with Gasteiger partial charge in [-0.3, -0.25) is 14.6 Å². The van der Waals surface area contributed by atoms with Crippen molar-refractivity contribution < 1.29 is 9.53 Å². The minimum Gasteiger partial charge on any atom is -0.380 e. The minimum atomic E-state index is -0.152. The van der Waals surface area contributed by atoms with Crippen LogP contribution in [-0.4, -0.2) is 73.2 Å². The predicted molar refractivity (Wildman–Crippen MR) is 86.5 cm³/mol. The Hall–Kier alpha value is -0.650. The Labute approximate surface area is 130 Å². The van der Waals surface area contributed by atoms with E-state index in [4.69, 9.17) is 4.74 Å². The first-order valence-electron chi connectivity index (χ1n) is 8.21. The first kappa shape index (κ1) is 18.4. The third kappa shape index (κ3) is 7.25. The van der Waals surface area contributed by atoms with Crippen LogP contribution in [0.2, 0.25) is 0 Å². The molecule has 0 saturated carbocycles. The fourth-order valence-electron chi connectivity index (χ4n) is 2.77. The molecule has 5 heteroatoms. The van der Waals surface area contributed by atoms with E-state index in [2.05, 4.69) is 22.0 Å². The maximum atomic E-state index is 12.0. The number of ether oxygens (including phenoxy) is 1. The van der Waals surface area contributed by atoms with Gasteiger partial charge in [0.15, 0.2) is 0 Å². The Morgan fingerprint density at radius 2 is 2.00 bits per heavy atom. The van der Waals surface area contributed by atoms with Crippen LogP contribution in [0.4, 0.5) is 0 Å². The van der Waals surface area contributed by atoms with Crippen molar-refractivity contribution in [2.45, 2.75) is 52.6 Å². The van der Waals surface area contributed by atoms with Gasteiger partial charge in [0.1, 0.15) is 0 Å². The molecule has 1 heterocycles. The normalized spacial score (nSPS) is 21.5. The molecule has 124 valence electrons. The Bertz CT molecular complexity index is 315. The summed E-state index contributed by atoms with van der Waals surface area (Å²) in [6.07, 6.45) is 1.11. The van der Waals surface area contributed by atoms with Gasteiger partial charge in [-0.05, 0) is 34.1 Å². The zero-order valence-electron chi connectivity index (χ0n) is 14.4. The molecule has 0 unspecified atom stereocenters. The van der Waals surface area contributed by atoms with Gasteiger partial charge in [-0.1, -0.05) is 6.92 Å². The van der Waals surface area contributed by atoms with Crippen LogP contribution in [0.1, 0.15) is 41.0 Å². The van der Waals surface area contributed by atoms with Gasteiger partial charge in [-0.25, -0.2) is 0 Å². The number of hydrogen-bond acceptors (Lipinski definition) is 4. The first-order chi connectivity index (χ1) is 9.85. The Morgan fingerprint density at radius 3 is 2.57 bits per heavy atom. The van der Waals surface area contributed by atoms with E-state index in [9.17, 15) is 4.79 Å². The predicted octanol–water partition coefficient (Wildman–Crippen LogP) is 1.33. The van der Waals surface area contributed by atoms with Crippen molar-refractivity contribution in [1.82, 2.24) is 15.1 Å². The molecule has 1 atom stereocenters. The van der Waals surface area contributed by atoms with Crippen LogP contribution in [0.5, 0.6) is 0 Å². The fourth-order valence-corrected chi connectivity index (χ4v) is 2.77. The second-order valence-corrected chi connectivity index (χ2v) is 6.83. The largest absolute Gasteiger partial charge is 0.380 e. The third-order valence-corrected chi connectivity index (χ3v) is 3.77. The number of nitrogens with one attached hydrogen (secondary N) is 1. The van der Waals surface area contributed by atoms with Gasteiger partial charge < -0.3 is 10.1 Å². The lowest BCUT2D eigenvalue weighted by Crippen LogP contribution is -2.56. The maximum absolute atomic E-state index is 12.0. The monoisotopic (exact) mass is 299 g/mol. The number of piperazine rings is 1. The lowest BCUT2D eigenvalue weighted by Gasteiger charge is -2.41. The lowest BCUT2D eigenvalue weighted by molar-refractivity contribution is -0.124.